The molecule has 1 aromatic carbocycles. The Labute approximate surface area is 113 Å². The van der Waals surface area contributed by atoms with E-state index in [1.54, 1.807) is 0 Å². The van der Waals surface area contributed by atoms with Crippen LogP contribution in [0, 0.1) is 0 Å². The summed E-state index contributed by atoms with van der Waals surface area (Å²) in [7, 11) is 0. The van der Waals surface area contributed by atoms with Crippen LogP contribution in [0.5, 0.6) is 0 Å². The van der Waals surface area contributed by atoms with E-state index in [1.165, 1.54) is 5.56 Å². The molecule has 5 heteroatoms. The second kappa shape index (κ2) is 4.42. The SMILES string of the molecule is Nc1cccn2c(Cc3ccc(Br)cc3)nnc12. The lowest BCUT2D eigenvalue weighted by Crippen LogP contribution is -1.97. The molecule has 0 aliphatic rings. The van der Waals surface area contributed by atoms with Crippen LogP contribution in [0.2, 0.25) is 0 Å². The van der Waals surface area contributed by atoms with Crippen molar-refractivity contribution >= 4 is 27.3 Å². The minimum atomic E-state index is 0.645. The highest BCUT2D eigenvalue weighted by Gasteiger charge is 2.07. The predicted octanol–water partition coefficient (Wildman–Crippen LogP) is 2.66. The molecule has 0 unspecified atom stereocenters. The number of nitrogens with zero attached hydrogens (tertiary/aromatic N) is 3. The average molecular weight is 303 g/mol. The highest BCUT2D eigenvalue weighted by atomic mass is 79.9. The summed E-state index contributed by atoms with van der Waals surface area (Å²) >= 11 is 3.42. The molecule has 2 heterocycles. The molecule has 0 atom stereocenters. The van der Waals surface area contributed by atoms with Crippen molar-refractivity contribution in [1.82, 2.24) is 14.6 Å². The highest BCUT2D eigenvalue weighted by Crippen LogP contribution is 2.16. The van der Waals surface area contributed by atoms with Crippen LogP contribution in [0.25, 0.3) is 5.65 Å². The summed E-state index contributed by atoms with van der Waals surface area (Å²) in [5.74, 6) is 0.889. The van der Waals surface area contributed by atoms with Crippen molar-refractivity contribution < 1.29 is 0 Å². The van der Waals surface area contributed by atoms with E-state index in [-0.39, 0.29) is 0 Å². The number of nitrogen functional groups attached to an aromatic ring is 1. The molecule has 0 aliphatic heterocycles. The van der Waals surface area contributed by atoms with Gasteiger partial charge in [-0.15, -0.1) is 10.2 Å². The molecule has 4 nitrogen and oxygen atoms in total. The first kappa shape index (κ1) is 11.2. The second-order valence-electron chi connectivity index (χ2n) is 4.08. The Balaban J connectivity index is 2.00. The summed E-state index contributed by atoms with van der Waals surface area (Å²) in [5, 5.41) is 8.31. The van der Waals surface area contributed by atoms with Crippen LogP contribution in [-0.2, 0) is 6.42 Å². The first-order chi connectivity index (χ1) is 8.74. The number of hydrogen-bond donors (Lipinski definition) is 1. The van der Waals surface area contributed by atoms with Crippen LogP contribution in [0.15, 0.2) is 47.1 Å². The number of halogens is 1. The maximum atomic E-state index is 5.85. The molecule has 18 heavy (non-hydrogen) atoms. The lowest BCUT2D eigenvalue weighted by molar-refractivity contribution is 0.934. The second-order valence-corrected chi connectivity index (χ2v) is 4.99. The van der Waals surface area contributed by atoms with Crippen molar-refractivity contribution in [2.75, 3.05) is 5.73 Å². The molecule has 90 valence electrons. The van der Waals surface area contributed by atoms with E-state index in [2.05, 4.69) is 38.3 Å². The van der Waals surface area contributed by atoms with Crippen LogP contribution in [0.3, 0.4) is 0 Å². The van der Waals surface area contributed by atoms with E-state index in [0.29, 0.717) is 11.3 Å². The Kier molecular flexibility index (Phi) is 2.76. The zero-order valence-corrected chi connectivity index (χ0v) is 11.1. The van der Waals surface area contributed by atoms with Gasteiger partial charge in [0.15, 0.2) is 5.65 Å². The lowest BCUT2D eigenvalue weighted by Gasteiger charge is -2.01. The third-order valence-electron chi connectivity index (χ3n) is 2.81. The fraction of sp³-hybridized carbons (Fsp3) is 0.0769. The van der Waals surface area contributed by atoms with E-state index >= 15 is 0 Å². The van der Waals surface area contributed by atoms with Crippen LogP contribution >= 0.6 is 15.9 Å². The highest BCUT2D eigenvalue weighted by molar-refractivity contribution is 9.10. The maximum Gasteiger partial charge on any atom is 0.183 e. The van der Waals surface area contributed by atoms with Crippen LogP contribution in [0.4, 0.5) is 5.69 Å². The van der Waals surface area contributed by atoms with Gasteiger partial charge >= 0.3 is 0 Å². The number of nitrogens with two attached hydrogens (primary N) is 1. The molecule has 0 spiro atoms. The maximum absolute atomic E-state index is 5.85. The number of anilines is 1. The number of aromatic nitrogens is 3. The van der Waals surface area contributed by atoms with Gasteiger partial charge in [-0.25, -0.2) is 0 Å². The van der Waals surface area contributed by atoms with Gasteiger partial charge in [0, 0.05) is 17.1 Å². The standard InChI is InChI=1S/C13H11BrN4/c14-10-5-3-9(4-6-10)8-12-16-17-13-11(15)2-1-7-18(12)13/h1-7H,8,15H2. The number of fused-ring (bicyclic) bond motifs is 1. The van der Waals surface area contributed by atoms with Crippen molar-refractivity contribution in [3.63, 3.8) is 0 Å². The fourth-order valence-electron chi connectivity index (χ4n) is 1.89. The number of benzene rings is 1. The third-order valence-corrected chi connectivity index (χ3v) is 3.34. The zero-order valence-electron chi connectivity index (χ0n) is 9.55. The molecular weight excluding hydrogens is 292 g/mol. The van der Waals surface area contributed by atoms with Gasteiger partial charge in [0.1, 0.15) is 5.82 Å². The smallest absolute Gasteiger partial charge is 0.183 e. The predicted molar refractivity (Wildman–Crippen MR) is 74.3 cm³/mol. The van der Waals surface area contributed by atoms with E-state index in [0.717, 1.165) is 16.7 Å². The number of hydrogen-bond acceptors (Lipinski definition) is 3. The average Bonchev–Trinajstić information content (AvgIpc) is 2.77. The van der Waals surface area contributed by atoms with E-state index in [9.17, 15) is 0 Å². The van der Waals surface area contributed by atoms with Crippen LogP contribution in [0.1, 0.15) is 11.4 Å². The molecule has 3 rings (SSSR count). The fourth-order valence-corrected chi connectivity index (χ4v) is 2.15. The Bertz CT molecular complexity index is 688. The van der Waals surface area contributed by atoms with E-state index in [1.807, 2.05) is 34.9 Å². The minimum Gasteiger partial charge on any atom is -0.396 e. The van der Waals surface area contributed by atoms with E-state index in [4.69, 9.17) is 5.73 Å². The van der Waals surface area contributed by atoms with Crippen molar-refractivity contribution in [2.45, 2.75) is 6.42 Å². The summed E-state index contributed by atoms with van der Waals surface area (Å²) in [6, 6.07) is 11.9. The first-order valence-corrected chi connectivity index (χ1v) is 6.36. The van der Waals surface area contributed by atoms with Gasteiger partial charge in [-0.05, 0) is 29.8 Å². The van der Waals surface area contributed by atoms with Gasteiger partial charge in [-0.2, -0.15) is 0 Å². The quantitative estimate of drug-likeness (QED) is 0.792. The Morgan fingerprint density at radius 1 is 1.11 bits per heavy atom. The molecule has 3 aromatic rings. The Hall–Kier alpha value is -1.88. The molecule has 2 N–H and O–H groups in total. The van der Waals surface area contributed by atoms with Crippen LogP contribution in [-0.4, -0.2) is 14.6 Å². The molecule has 0 aliphatic carbocycles. The molecular formula is C13H11BrN4. The van der Waals surface area contributed by atoms with Gasteiger partial charge in [0.2, 0.25) is 0 Å². The van der Waals surface area contributed by atoms with E-state index < -0.39 is 0 Å². The molecule has 0 amide bonds. The Morgan fingerprint density at radius 3 is 2.67 bits per heavy atom. The lowest BCUT2D eigenvalue weighted by atomic mass is 10.1. The summed E-state index contributed by atoms with van der Waals surface area (Å²) in [6.07, 6.45) is 2.66. The van der Waals surface area contributed by atoms with Crippen molar-refractivity contribution in [3.05, 3.63) is 58.5 Å². The van der Waals surface area contributed by atoms with Crippen LogP contribution < -0.4 is 5.73 Å². The number of pyridine rings is 1. The summed E-state index contributed by atoms with van der Waals surface area (Å²) in [5.41, 5.74) is 8.40. The van der Waals surface area contributed by atoms with Gasteiger partial charge in [-0.3, -0.25) is 4.40 Å². The largest absolute Gasteiger partial charge is 0.396 e. The van der Waals surface area contributed by atoms with Gasteiger partial charge in [0.25, 0.3) is 0 Å². The molecule has 0 radical (unpaired) electrons. The first-order valence-electron chi connectivity index (χ1n) is 5.56. The normalized spacial score (nSPS) is 10.9. The van der Waals surface area contributed by atoms with Crippen molar-refractivity contribution in [3.8, 4) is 0 Å². The molecule has 0 saturated heterocycles. The molecule has 0 saturated carbocycles. The molecule has 0 bridgehead atoms. The summed E-state index contributed by atoms with van der Waals surface area (Å²) in [6.45, 7) is 0. The van der Waals surface area contributed by atoms with Gasteiger partial charge in [0.05, 0.1) is 5.69 Å². The molecule has 0 fully saturated rings. The van der Waals surface area contributed by atoms with Gasteiger partial charge < -0.3 is 5.73 Å². The third kappa shape index (κ3) is 1.97. The minimum absolute atomic E-state index is 0.645. The monoisotopic (exact) mass is 302 g/mol. The zero-order chi connectivity index (χ0) is 12.5. The van der Waals surface area contributed by atoms with Crippen molar-refractivity contribution in [1.29, 1.82) is 0 Å². The number of rotatable bonds is 2. The van der Waals surface area contributed by atoms with Gasteiger partial charge in [-0.1, -0.05) is 28.1 Å². The van der Waals surface area contributed by atoms with Crippen molar-refractivity contribution in [2.24, 2.45) is 0 Å². The Morgan fingerprint density at radius 2 is 1.89 bits per heavy atom. The molecule has 2 aromatic heterocycles. The summed E-state index contributed by atoms with van der Waals surface area (Å²) in [4.78, 5) is 0. The topological polar surface area (TPSA) is 56.2 Å². The summed E-state index contributed by atoms with van der Waals surface area (Å²) < 4.78 is 3.00.